The first-order chi connectivity index (χ1) is 18.7. The smallest absolute Gasteiger partial charge is 0.333 e. The number of esters is 2. The van der Waals surface area contributed by atoms with E-state index in [0.717, 1.165) is 28.2 Å². The first kappa shape index (κ1) is 29.4. The molecular formula is C34H39NO4. The first-order valence-corrected chi connectivity index (χ1v) is 13.4. The van der Waals surface area contributed by atoms with Crippen LogP contribution in [-0.4, -0.2) is 25.2 Å². The van der Waals surface area contributed by atoms with Crippen LogP contribution in [0.2, 0.25) is 0 Å². The fraction of sp³-hybridized carbons (Fsp3) is 0.294. The van der Waals surface area contributed by atoms with Crippen LogP contribution in [0.1, 0.15) is 49.9 Å². The third-order valence-corrected chi connectivity index (χ3v) is 6.90. The maximum atomic E-state index is 11.9. The Labute approximate surface area is 232 Å². The van der Waals surface area contributed by atoms with Gasteiger partial charge in [0.1, 0.15) is 0 Å². The molecule has 0 N–H and O–H groups in total. The zero-order valence-corrected chi connectivity index (χ0v) is 23.9. The largest absolute Gasteiger partial charge is 0.462 e. The van der Waals surface area contributed by atoms with Gasteiger partial charge in [0.2, 0.25) is 0 Å². The molecule has 0 bridgehead atoms. The molecule has 39 heavy (non-hydrogen) atoms. The number of rotatable bonds is 11. The average molecular weight is 526 g/mol. The van der Waals surface area contributed by atoms with Gasteiger partial charge in [0.15, 0.2) is 0 Å². The van der Waals surface area contributed by atoms with E-state index < -0.39 is 0 Å². The number of aryl methyl sites for hydroxylation is 2. The van der Waals surface area contributed by atoms with E-state index in [1.165, 1.54) is 11.1 Å². The summed E-state index contributed by atoms with van der Waals surface area (Å²) in [6.07, 6.45) is 4.82. The van der Waals surface area contributed by atoms with Gasteiger partial charge < -0.3 is 14.4 Å². The van der Waals surface area contributed by atoms with E-state index in [1.807, 2.05) is 13.8 Å². The Bertz CT molecular complexity index is 1260. The third-order valence-electron chi connectivity index (χ3n) is 6.90. The van der Waals surface area contributed by atoms with Gasteiger partial charge in [-0.25, -0.2) is 9.59 Å². The standard InChI is InChI=1S/C34H39NO4/c1-7-24(3)33(36)38-21-19-28-10-15-30(16-11-28)35(32-14-9-26(5)27(6)23-32)31-17-12-29(13-18-31)20-22-39-34(37)25(4)8-2/h7-18,23H,19-22H2,1-6H3/b24-7+,25-8+. The highest BCUT2D eigenvalue weighted by Crippen LogP contribution is 2.35. The monoisotopic (exact) mass is 525 g/mol. The van der Waals surface area contributed by atoms with E-state index in [0.29, 0.717) is 37.2 Å². The number of ether oxygens (including phenoxy) is 2. The van der Waals surface area contributed by atoms with E-state index in [2.05, 4.69) is 85.5 Å². The summed E-state index contributed by atoms with van der Waals surface area (Å²) in [7, 11) is 0. The molecule has 0 atom stereocenters. The minimum atomic E-state index is -0.274. The maximum absolute atomic E-state index is 11.9. The average Bonchev–Trinajstić information content (AvgIpc) is 2.95. The highest BCUT2D eigenvalue weighted by atomic mass is 16.5. The lowest BCUT2D eigenvalue weighted by Gasteiger charge is -2.26. The van der Waals surface area contributed by atoms with E-state index in [9.17, 15) is 9.59 Å². The minimum Gasteiger partial charge on any atom is -0.462 e. The Balaban J connectivity index is 1.78. The Morgan fingerprint density at radius 3 is 1.44 bits per heavy atom. The summed E-state index contributed by atoms with van der Waals surface area (Å²) in [6.45, 7) is 12.1. The molecule has 0 heterocycles. The number of carbonyl (C=O) groups excluding carboxylic acids is 2. The predicted octanol–water partition coefficient (Wildman–Crippen LogP) is 7.88. The van der Waals surface area contributed by atoms with Crippen molar-refractivity contribution < 1.29 is 19.1 Å². The van der Waals surface area contributed by atoms with Crippen molar-refractivity contribution in [2.45, 2.75) is 54.4 Å². The van der Waals surface area contributed by atoms with Crippen molar-refractivity contribution in [1.82, 2.24) is 0 Å². The van der Waals surface area contributed by atoms with Gasteiger partial charge in [0.25, 0.3) is 0 Å². The van der Waals surface area contributed by atoms with Gasteiger partial charge in [-0.1, -0.05) is 42.5 Å². The summed E-state index contributed by atoms with van der Waals surface area (Å²) in [5, 5.41) is 0. The van der Waals surface area contributed by atoms with Crippen LogP contribution >= 0.6 is 0 Å². The number of allylic oxidation sites excluding steroid dienone is 2. The van der Waals surface area contributed by atoms with Gasteiger partial charge >= 0.3 is 11.9 Å². The molecule has 0 radical (unpaired) electrons. The Kier molecular flexibility index (Phi) is 10.7. The molecule has 5 heteroatoms. The number of benzene rings is 3. The summed E-state index contributed by atoms with van der Waals surface area (Å²) in [5.74, 6) is -0.547. The molecule has 0 aliphatic carbocycles. The molecule has 0 fully saturated rings. The van der Waals surface area contributed by atoms with E-state index in [-0.39, 0.29) is 11.9 Å². The zero-order chi connectivity index (χ0) is 28.4. The van der Waals surface area contributed by atoms with Crippen molar-refractivity contribution in [3.05, 3.63) is 112 Å². The van der Waals surface area contributed by atoms with E-state index >= 15 is 0 Å². The van der Waals surface area contributed by atoms with Gasteiger partial charge in [0, 0.05) is 41.1 Å². The molecule has 3 aromatic rings. The fourth-order valence-electron chi connectivity index (χ4n) is 3.92. The molecule has 0 aliphatic heterocycles. The molecular weight excluding hydrogens is 486 g/mol. The summed E-state index contributed by atoms with van der Waals surface area (Å²) in [6, 6.07) is 23.2. The maximum Gasteiger partial charge on any atom is 0.333 e. The number of nitrogens with zero attached hydrogens (tertiary/aromatic N) is 1. The summed E-state index contributed by atoms with van der Waals surface area (Å²) >= 11 is 0. The second kappa shape index (κ2) is 14.1. The quantitative estimate of drug-likeness (QED) is 0.188. The molecule has 0 aromatic heterocycles. The van der Waals surface area contributed by atoms with Gasteiger partial charge in [-0.3, -0.25) is 0 Å². The molecule has 3 aromatic carbocycles. The Morgan fingerprint density at radius 1 is 0.641 bits per heavy atom. The van der Waals surface area contributed by atoms with Gasteiger partial charge in [-0.05, 0) is 100 Å². The number of hydrogen-bond acceptors (Lipinski definition) is 5. The Morgan fingerprint density at radius 2 is 1.05 bits per heavy atom. The van der Waals surface area contributed by atoms with Crippen LogP contribution < -0.4 is 4.90 Å². The molecule has 0 saturated carbocycles. The topological polar surface area (TPSA) is 55.8 Å². The molecule has 204 valence electrons. The Hall–Kier alpha value is -4.12. The van der Waals surface area contributed by atoms with Crippen LogP contribution in [0.3, 0.4) is 0 Å². The second-order valence-electron chi connectivity index (χ2n) is 9.65. The van der Waals surface area contributed by atoms with Crippen LogP contribution in [-0.2, 0) is 31.9 Å². The minimum absolute atomic E-state index is 0.274. The van der Waals surface area contributed by atoms with Crippen molar-refractivity contribution in [2.24, 2.45) is 0 Å². The van der Waals surface area contributed by atoms with Crippen molar-refractivity contribution in [3.63, 3.8) is 0 Å². The lowest BCUT2D eigenvalue weighted by molar-refractivity contribution is -0.139. The van der Waals surface area contributed by atoms with Gasteiger partial charge in [-0.15, -0.1) is 0 Å². The van der Waals surface area contributed by atoms with Crippen molar-refractivity contribution in [2.75, 3.05) is 18.1 Å². The van der Waals surface area contributed by atoms with E-state index in [1.54, 1.807) is 26.0 Å². The molecule has 3 rings (SSSR count). The van der Waals surface area contributed by atoms with Crippen LogP contribution in [0, 0.1) is 13.8 Å². The first-order valence-electron chi connectivity index (χ1n) is 13.4. The predicted molar refractivity (Wildman–Crippen MR) is 159 cm³/mol. The zero-order valence-electron chi connectivity index (χ0n) is 23.9. The van der Waals surface area contributed by atoms with Crippen molar-refractivity contribution in [1.29, 1.82) is 0 Å². The second-order valence-corrected chi connectivity index (χ2v) is 9.65. The van der Waals surface area contributed by atoms with Crippen LogP contribution in [0.15, 0.2) is 90.0 Å². The summed E-state index contributed by atoms with van der Waals surface area (Å²) < 4.78 is 10.7. The fourth-order valence-corrected chi connectivity index (χ4v) is 3.92. The molecule has 0 saturated heterocycles. The van der Waals surface area contributed by atoms with Crippen molar-refractivity contribution >= 4 is 29.0 Å². The molecule has 5 nitrogen and oxygen atoms in total. The van der Waals surface area contributed by atoms with Gasteiger partial charge in [-0.2, -0.15) is 0 Å². The SMILES string of the molecule is C/C=C(\C)C(=O)OCCc1ccc(N(c2ccc(CCOC(=O)/C(C)=C/C)cc2)c2ccc(C)c(C)c2)cc1. The third kappa shape index (κ3) is 8.18. The lowest BCUT2D eigenvalue weighted by Crippen LogP contribution is -2.11. The summed E-state index contributed by atoms with van der Waals surface area (Å²) in [4.78, 5) is 26.0. The number of carbonyl (C=O) groups is 2. The number of hydrogen-bond donors (Lipinski definition) is 0. The van der Waals surface area contributed by atoms with Crippen molar-refractivity contribution in [3.8, 4) is 0 Å². The highest BCUT2D eigenvalue weighted by molar-refractivity contribution is 5.88. The van der Waals surface area contributed by atoms with Crippen LogP contribution in [0.25, 0.3) is 0 Å². The summed E-state index contributed by atoms with van der Waals surface area (Å²) in [5.41, 5.74) is 9.04. The lowest BCUT2D eigenvalue weighted by atomic mass is 10.1. The van der Waals surface area contributed by atoms with Gasteiger partial charge in [0.05, 0.1) is 13.2 Å². The molecule has 0 unspecified atom stereocenters. The van der Waals surface area contributed by atoms with Crippen LogP contribution in [0.5, 0.6) is 0 Å². The van der Waals surface area contributed by atoms with Crippen LogP contribution in [0.4, 0.5) is 17.1 Å². The normalized spacial score (nSPS) is 11.7. The molecule has 0 aliphatic rings. The highest BCUT2D eigenvalue weighted by Gasteiger charge is 2.14. The van der Waals surface area contributed by atoms with E-state index in [4.69, 9.17) is 9.47 Å². The number of anilines is 3. The molecule has 0 spiro atoms. The molecule has 0 amide bonds.